The van der Waals surface area contributed by atoms with Crippen LogP contribution in [0.3, 0.4) is 0 Å². The van der Waals surface area contributed by atoms with Gasteiger partial charge in [0.25, 0.3) is 0 Å². The number of ketones is 1. The molecule has 1 fully saturated rings. The van der Waals surface area contributed by atoms with Gasteiger partial charge in [-0.05, 0) is 19.3 Å². The predicted octanol–water partition coefficient (Wildman–Crippen LogP) is 2.47. The van der Waals surface area contributed by atoms with Gasteiger partial charge in [-0.1, -0.05) is 36.8 Å². The molecule has 0 amide bonds. The number of hydrogen-bond donors (Lipinski definition) is 0. The number of sulfone groups is 1. The molecule has 0 saturated heterocycles. The third kappa shape index (κ3) is 2.99. The van der Waals surface area contributed by atoms with E-state index in [1.165, 1.54) is 6.26 Å². The monoisotopic (exact) mass is 266 g/mol. The van der Waals surface area contributed by atoms with Crippen LogP contribution in [0.15, 0.2) is 30.3 Å². The number of rotatable bonds is 3. The molecule has 0 aliphatic heterocycles. The lowest BCUT2D eigenvalue weighted by molar-refractivity contribution is 0.0891. The van der Waals surface area contributed by atoms with Crippen molar-refractivity contribution in [1.82, 2.24) is 0 Å². The van der Waals surface area contributed by atoms with Crippen molar-refractivity contribution in [1.29, 1.82) is 0 Å². The smallest absolute Gasteiger partial charge is 0.165 e. The number of Topliss-reactive ketones (excluding diaryl/α,β-unsaturated/α-hetero) is 1. The van der Waals surface area contributed by atoms with Crippen molar-refractivity contribution in [2.45, 2.75) is 30.9 Å². The molecular weight excluding hydrogens is 248 g/mol. The van der Waals surface area contributed by atoms with Crippen LogP contribution in [0.2, 0.25) is 0 Å². The second-order valence-corrected chi connectivity index (χ2v) is 7.37. The lowest BCUT2D eigenvalue weighted by atomic mass is 9.83. The quantitative estimate of drug-likeness (QED) is 0.790. The zero-order valence-corrected chi connectivity index (χ0v) is 11.3. The summed E-state index contributed by atoms with van der Waals surface area (Å²) in [5, 5.41) is -0.344. The van der Waals surface area contributed by atoms with Gasteiger partial charge in [0.2, 0.25) is 0 Å². The Hall–Kier alpha value is -1.16. The lowest BCUT2D eigenvalue weighted by Gasteiger charge is -2.27. The topological polar surface area (TPSA) is 51.2 Å². The van der Waals surface area contributed by atoms with Crippen LogP contribution in [0.25, 0.3) is 0 Å². The lowest BCUT2D eigenvalue weighted by Crippen LogP contribution is -2.31. The molecule has 2 unspecified atom stereocenters. The van der Waals surface area contributed by atoms with Crippen LogP contribution in [0.4, 0.5) is 0 Å². The fourth-order valence-corrected chi connectivity index (χ4v) is 3.79. The Labute approximate surface area is 108 Å². The summed E-state index contributed by atoms with van der Waals surface area (Å²) in [5.41, 5.74) is 0.691. The highest BCUT2D eigenvalue weighted by Crippen LogP contribution is 2.30. The van der Waals surface area contributed by atoms with Crippen LogP contribution in [-0.4, -0.2) is 25.7 Å². The first-order valence-corrected chi connectivity index (χ1v) is 8.22. The maximum atomic E-state index is 12.3. The first kappa shape index (κ1) is 13.3. The Bertz CT molecular complexity index is 519. The van der Waals surface area contributed by atoms with E-state index in [4.69, 9.17) is 0 Å². The average Bonchev–Trinajstić information content (AvgIpc) is 2.38. The van der Waals surface area contributed by atoms with E-state index in [0.29, 0.717) is 18.4 Å². The van der Waals surface area contributed by atoms with Crippen LogP contribution in [-0.2, 0) is 9.84 Å². The Morgan fingerprint density at radius 2 is 1.83 bits per heavy atom. The largest absolute Gasteiger partial charge is 0.294 e. The van der Waals surface area contributed by atoms with E-state index in [9.17, 15) is 13.2 Å². The summed E-state index contributed by atoms with van der Waals surface area (Å²) in [6, 6.07) is 9.14. The summed E-state index contributed by atoms with van der Waals surface area (Å²) in [7, 11) is -3.03. The molecule has 0 N–H and O–H groups in total. The van der Waals surface area contributed by atoms with Crippen LogP contribution < -0.4 is 0 Å². The van der Waals surface area contributed by atoms with Crippen molar-refractivity contribution >= 4 is 15.6 Å². The highest BCUT2D eigenvalue weighted by molar-refractivity contribution is 7.91. The van der Waals surface area contributed by atoms with Gasteiger partial charge in [-0.25, -0.2) is 8.42 Å². The minimum absolute atomic E-state index is 0.0870. The highest BCUT2D eigenvalue weighted by Gasteiger charge is 2.32. The first-order valence-electron chi connectivity index (χ1n) is 6.26. The maximum Gasteiger partial charge on any atom is 0.165 e. The minimum Gasteiger partial charge on any atom is -0.294 e. The van der Waals surface area contributed by atoms with Crippen molar-refractivity contribution in [3.05, 3.63) is 35.9 Å². The number of carbonyl (C=O) groups excluding carboxylic acids is 1. The minimum atomic E-state index is -3.03. The summed E-state index contributed by atoms with van der Waals surface area (Å²) in [4.78, 5) is 12.3. The summed E-state index contributed by atoms with van der Waals surface area (Å²) < 4.78 is 23.2. The zero-order chi connectivity index (χ0) is 13.2. The van der Waals surface area contributed by atoms with Crippen molar-refractivity contribution in [3.63, 3.8) is 0 Å². The molecule has 2 atom stereocenters. The number of benzene rings is 1. The second kappa shape index (κ2) is 5.22. The summed E-state index contributed by atoms with van der Waals surface area (Å²) in [6.45, 7) is 0. The van der Waals surface area contributed by atoms with E-state index in [2.05, 4.69) is 0 Å². The van der Waals surface area contributed by atoms with E-state index >= 15 is 0 Å². The van der Waals surface area contributed by atoms with Crippen LogP contribution in [0.1, 0.15) is 36.0 Å². The van der Waals surface area contributed by atoms with Gasteiger partial charge >= 0.3 is 0 Å². The standard InChI is InChI=1S/C14H18O3S/c1-18(16,17)13-9-5-8-12(10-13)14(15)11-6-3-2-4-7-11/h2-4,6-7,12-13H,5,8-10H2,1H3. The molecule has 1 aromatic rings. The summed E-state index contributed by atoms with van der Waals surface area (Å²) in [6.07, 6.45) is 4.07. The molecule has 1 saturated carbocycles. The van der Waals surface area contributed by atoms with Gasteiger partial charge in [0.15, 0.2) is 5.78 Å². The zero-order valence-electron chi connectivity index (χ0n) is 10.5. The Morgan fingerprint density at radius 1 is 1.17 bits per heavy atom. The van der Waals surface area contributed by atoms with Crippen LogP contribution in [0.5, 0.6) is 0 Å². The van der Waals surface area contributed by atoms with E-state index in [-0.39, 0.29) is 17.0 Å². The van der Waals surface area contributed by atoms with Crippen molar-refractivity contribution in [3.8, 4) is 0 Å². The molecule has 0 bridgehead atoms. The third-order valence-corrected chi connectivity index (χ3v) is 5.30. The van der Waals surface area contributed by atoms with E-state index < -0.39 is 9.84 Å². The van der Waals surface area contributed by atoms with Crippen LogP contribution >= 0.6 is 0 Å². The Morgan fingerprint density at radius 3 is 2.44 bits per heavy atom. The summed E-state index contributed by atoms with van der Waals surface area (Å²) >= 11 is 0. The van der Waals surface area contributed by atoms with Gasteiger partial charge in [0.05, 0.1) is 5.25 Å². The predicted molar refractivity (Wildman–Crippen MR) is 71.4 cm³/mol. The first-order chi connectivity index (χ1) is 8.48. The van der Waals surface area contributed by atoms with E-state index in [0.717, 1.165) is 12.8 Å². The maximum absolute atomic E-state index is 12.3. The molecule has 0 aromatic heterocycles. The number of hydrogen-bond acceptors (Lipinski definition) is 3. The normalized spacial score (nSPS) is 24.7. The highest BCUT2D eigenvalue weighted by atomic mass is 32.2. The van der Waals surface area contributed by atoms with E-state index in [1.54, 1.807) is 12.1 Å². The van der Waals surface area contributed by atoms with Crippen molar-refractivity contribution in [2.24, 2.45) is 5.92 Å². The molecule has 18 heavy (non-hydrogen) atoms. The molecule has 98 valence electrons. The third-order valence-electron chi connectivity index (χ3n) is 3.66. The Balaban J connectivity index is 2.13. The molecule has 4 heteroatoms. The fraction of sp³-hybridized carbons (Fsp3) is 0.500. The summed E-state index contributed by atoms with van der Waals surface area (Å²) in [5.74, 6) is -0.0511. The molecule has 2 rings (SSSR count). The molecule has 0 heterocycles. The fourth-order valence-electron chi connectivity index (χ4n) is 2.61. The molecule has 1 aromatic carbocycles. The molecule has 0 radical (unpaired) electrons. The van der Waals surface area contributed by atoms with Crippen LogP contribution in [0, 0.1) is 5.92 Å². The SMILES string of the molecule is CS(=O)(=O)C1CCCC(C(=O)c2ccccc2)C1. The van der Waals surface area contributed by atoms with E-state index in [1.807, 2.05) is 18.2 Å². The number of carbonyl (C=O) groups is 1. The molecule has 1 aliphatic rings. The molecule has 1 aliphatic carbocycles. The average molecular weight is 266 g/mol. The Kier molecular flexibility index (Phi) is 3.85. The van der Waals surface area contributed by atoms with Gasteiger partial charge in [-0.3, -0.25) is 4.79 Å². The van der Waals surface area contributed by atoms with Gasteiger partial charge in [-0.2, -0.15) is 0 Å². The van der Waals surface area contributed by atoms with Gasteiger partial charge < -0.3 is 0 Å². The van der Waals surface area contributed by atoms with Crippen molar-refractivity contribution < 1.29 is 13.2 Å². The molecular formula is C14H18O3S. The van der Waals surface area contributed by atoms with Crippen molar-refractivity contribution in [2.75, 3.05) is 6.26 Å². The molecule has 0 spiro atoms. The van der Waals surface area contributed by atoms with Gasteiger partial charge in [0, 0.05) is 17.7 Å². The molecule has 3 nitrogen and oxygen atoms in total. The van der Waals surface area contributed by atoms with Gasteiger partial charge in [0.1, 0.15) is 9.84 Å². The van der Waals surface area contributed by atoms with Gasteiger partial charge in [-0.15, -0.1) is 0 Å². The second-order valence-electron chi connectivity index (χ2n) is 5.05.